The van der Waals surface area contributed by atoms with Gasteiger partial charge in [0.05, 0.1) is 6.10 Å². The largest absolute Gasteiger partial charge is 0.487 e. The standard InChI is InChI=1S/C15H22FNO2/c1-11(8-9-18-2)19-15-12(4-3-5-14(15)16)10-17-13-6-7-13/h3-5,11,13,17H,6-10H2,1-2H3. The number of hydrogen-bond donors (Lipinski definition) is 1. The molecule has 19 heavy (non-hydrogen) atoms. The fourth-order valence-corrected chi connectivity index (χ4v) is 1.91. The van der Waals surface area contributed by atoms with Gasteiger partial charge in [0, 0.05) is 38.3 Å². The molecule has 0 bridgehead atoms. The van der Waals surface area contributed by atoms with E-state index in [0.29, 0.717) is 24.9 Å². The Bertz CT molecular complexity index is 407. The molecule has 1 N–H and O–H groups in total. The van der Waals surface area contributed by atoms with Crippen molar-refractivity contribution in [3.63, 3.8) is 0 Å². The number of halogens is 1. The molecule has 0 radical (unpaired) electrons. The van der Waals surface area contributed by atoms with Gasteiger partial charge in [-0.05, 0) is 25.8 Å². The first kappa shape index (κ1) is 14.3. The zero-order chi connectivity index (χ0) is 13.7. The summed E-state index contributed by atoms with van der Waals surface area (Å²) in [5, 5.41) is 3.39. The molecule has 1 unspecified atom stereocenters. The molecule has 2 rings (SSSR count). The van der Waals surface area contributed by atoms with Crippen LogP contribution in [-0.2, 0) is 11.3 Å². The highest BCUT2D eigenvalue weighted by molar-refractivity contribution is 5.35. The summed E-state index contributed by atoms with van der Waals surface area (Å²) in [6.07, 6.45) is 3.13. The molecule has 0 heterocycles. The van der Waals surface area contributed by atoms with E-state index in [2.05, 4.69) is 5.32 Å². The maximum absolute atomic E-state index is 13.9. The average molecular weight is 267 g/mol. The van der Waals surface area contributed by atoms with Gasteiger partial charge in [-0.25, -0.2) is 4.39 Å². The van der Waals surface area contributed by atoms with Crippen molar-refractivity contribution in [2.75, 3.05) is 13.7 Å². The van der Waals surface area contributed by atoms with Crippen molar-refractivity contribution >= 4 is 0 Å². The van der Waals surface area contributed by atoms with Crippen LogP contribution < -0.4 is 10.1 Å². The summed E-state index contributed by atoms with van der Waals surface area (Å²) in [4.78, 5) is 0. The Balaban J connectivity index is 1.98. The minimum atomic E-state index is -0.292. The van der Waals surface area contributed by atoms with Crippen LogP contribution >= 0.6 is 0 Å². The van der Waals surface area contributed by atoms with Gasteiger partial charge in [0.25, 0.3) is 0 Å². The molecule has 0 amide bonds. The fourth-order valence-electron chi connectivity index (χ4n) is 1.91. The number of hydrogen-bond acceptors (Lipinski definition) is 3. The lowest BCUT2D eigenvalue weighted by molar-refractivity contribution is 0.131. The Hall–Kier alpha value is -1.13. The smallest absolute Gasteiger partial charge is 0.165 e. The van der Waals surface area contributed by atoms with Crippen molar-refractivity contribution < 1.29 is 13.9 Å². The van der Waals surface area contributed by atoms with E-state index in [1.807, 2.05) is 13.0 Å². The van der Waals surface area contributed by atoms with Crippen LogP contribution in [0.1, 0.15) is 31.7 Å². The molecule has 3 nitrogen and oxygen atoms in total. The molecule has 1 aliphatic rings. The third kappa shape index (κ3) is 4.48. The van der Waals surface area contributed by atoms with E-state index in [1.165, 1.54) is 18.9 Å². The van der Waals surface area contributed by atoms with Crippen molar-refractivity contribution in [1.82, 2.24) is 5.32 Å². The Kier molecular flexibility index (Phi) is 5.16. The van der Waals surface area contributed by atoms with Gasteiger partial charge in [0.2, 0.25) is 0 Å². The maximum atomic E-state index is 13.9. The number of methoxy groups -OCH3 is 1. The Morgan fingerprint density at radius 2 is 2.21 bits per heavy atom. The molecule has 1 aromatic carbocycles. The number of ether oxygens (including phenoxy) is 2. The Labute approximate surface area is 114 Å². The lowest BCUT2D eigenvalue weighted by Gasteiger charge is -2.18. The van der Waals surface area contributed by atoms with Crippen molar-refractivity contribution in [3.05, 3.63) is 29.6 Å². The first-order valence-electron chi connectivity index (χ1n) is 6.87. The fraction of sp³-hybridized carbons (Fsp3) is 0.600. The molecular weight excluding hydrogens is 245 g/mol. The monoisotopic (exact) mass is 267 g/mol. The van der Waals surface area contributed by atoms with Crippen LogP contribution in [0.5, 0.6) is 5.75 Å². The van der Waals surface area contributed by atoms with E-state index >= 15 is 0 Å². The Morgan fingerprint density at radius 1 is 1.42 bits per heavy atom. The van der Waals surface area contributed by atoms with E-state index in [0.717, 1.165) is 12.0 Å². The summed E-state index contributed by atoms with van der Waals surface area (Å²) in [6.45, 7) is 3.21. The minimum absolute atomic E-state index is 0.0588. The molecule has 1 fully saturated rings. The summed E-state index contributed by atoms with van der Waals surface area (Å²) in [5.41, 5.74) is 0.885. The van der Waals surface area contributed by atoms with Crippen LogP contribution in [0.4, 0.5) is 4.39 Å². The van der Waals surface area contributed by atoms with E-state index in [9.17, 15) is 4.39 Å². The second-order valence-electron chi connectivity index (χ2n) is 5.09. The first-order valence-corrected chi connectivity index (χ1v) is 6.87. The molecule has 1 saturated carbocycles. The summed E-state index contributed by atoms with van der Waals surface area (Å²) < 4.78 is 24.6. The van der Waals surface area contributed by atoms with Gasteiger partial charge in [-0.3, -0.25) is 0 Å². The highest BCUT2D eigenvalue weighted by atomic mass is 19.1. The molecule has 106 valence electrons. The molecule has 1 aromatic rings. The van der Waals surface area contributed by atoms with Crippen LogP contribution in [-0.4, -0.2) is 25.9 Å². The van der Waals surface area contributed by atoms with E-state index in [-0.39, 0.29) is 11.9 Å². The molecule has 0 saturated heterocycles. The predicted octanol–water partition coefficient (Wildman–Crippen LogP) is 2.88. The van der Waals surface area contributed by atoms with Crippen LogP contribution in [0.25, 0.3) is 0 Å². The third-order valence-corrected chi connectivity index (χ3v) is 3.25. The second-order valence-corrected chi connectivity index (χ2v) is 5.09. The molecule has 0 aliphatic heterocycles. The predicted molar refractivity (Wildman–Crippen MR) is 72.8 cm³/mol. The normalized spacial score (nSPS) is 16.4. The summed E-state index contributed by atoms with van der Waals surface area (Å²) in [5.74, 6) is 0.0821. The lowest BCUT2D eigenvalue weighted by atomic mass is 10.2. The average Bonchev–Trinajstić information content (AvgIpc) is 3.21. The number of para-hydroxylation sites is 1. The summed E-state index contributed by atoms with van der Waals surface area (Å²) in [6, 6.07) is 5.68. The van der Waals surface area contributed by atoms with Gasteiger partial charge in [0.15, 0.2) is 11.6 Å². The third-order valence-electron chi connectivity index (χ3n) is 3.25. The van der Waals surface area contributed by atoms with Gasteiger partial charge < -0.3 is 14.8 Å². The molecule has 4 heteroatoms. The highest BCUT2D eigenvalue weighted by Gasteiger charge is 2.21. The molecule has 0 spiro atoms. The highest BCUT2D eigenvalue weighted by Crippen LogP contribution is 2.26. The zero-order valence-corrected chi connectivity index (χ0v) is 11.6. The molecule has 0 aromatic heterocycles. The van der Waals surface area contributed by atoms with Gasteiger partial charge in [-0.1, -0.05) is 12.1 Å². The quantitative estimate of drug-likeness (QED) is 0.785. The lowest BCUT2D eigenvalue weighted by Crippen LogP contribution is -2.19. The van der Waals surface area contributed by atoms with E-state index in [1.54, 1.807) is 13.2 Å². The maximum Gasteiger partial charge on any atom is 0.165 e. The van der Waals surface area contributed by atoms with Gasteiger partial charge in [-0.15, -0.1) is 0 Å². The van der Waals surface area contributed by atoms with Crippen LogP contribution in [0.3, 0.4) is 0 Å². The minimum Gasteiger partial charge on any atom is -0.487 e. The van der Waals surface area contributed by atoms with E-state index in [4.69, 9.17) is 9.47 Å². The number of benzene rings is 1. The summed E-state index contributed by atoms with van der Waals surface area (Å²) >= 11 is 0. The zero-order valence-electron chi connectivity index (χ0n) is 11.6. The molecular formula is C15H22FNO2. The van der Waals surface area contributed by atoms with Gasteiger partial charge >= 0.3 is 0 Å². The van der Waals surface area contributed by atoms with Gasteiger partial charge in [0.1, 0.15) is 0 Å². The topological polar surface area (TPSA) is 30.5 Å². The SMILES string of the molecule is COCCC(C)Oc1c(F)cccc1CNC1CC1. The van der Waals surface area contributed by atoms with Crippen LogP contribution in [0, 0.1) is 5.82 Å². The molecule has 1 atom stereocenters. The number of nitrogens with one attached hydrogen (secondary N) is 1. The molecule has 1 aliphatic carbocycles. The van der Waals surface area contributed by atoms with Crippen molar-refractivity contribution in [2.24, 2.45) is 0 Å². The van der Waals surface area contributed by atoms with Crippen LogP contribution in [0.2, 0.25) is 0 Å². The van der Waals surface area contributed by atoms with E-state index < -0.39 is 0 Å². The first-order chi connectivity index (χ1) is 9.20. The number of rotatable bonds is 8. The van der Waals surface area contributed by atoms with Crippen molar-refractivity contribution in [1.29, 1.82) is 0 Å². The van der Waals surface area contributed by atoms with Crippen molar-refractivity contribution in [2.45, 2.75) is 44.9 Å². The van der Waals surface area contributed by atoms with Gasteiger partial charge in [-0.2, -0.15) is 0 Å². The second kappa shape index (κ2) is 6.87. The van der Waals surface area contributed by atoms with Crippen molar-refractivity contribution in [3.8, 4) is 5.75 Å². The Morgan fingerprint density at radius 3 is 2.89 bits per heavy atom. The summed E-state index contributed by atoms with van der Waals surface area (Å²) in [7, 11) is 1.65. The van der Waals surface area contributed by atoms with Crippen LogP contribution in [0.15, 0.2) is 18.2 Å².